The van der Waals surface area contributed by atoms with Gasteiger partial charge in [-0.25, -0.2) is 4.98 Å². The van der Waals surface area contributed by atoms with Crippen LogP contribution in [0.15, 0.2) is 12.3 Å². The van der Waals surface area contributed by atoms with Gasteiger partial charge in [-0.3, -0.25) is 4.79 Å². The summed E-state index contributed by atoms with van der Waals surface area (Å²) < 4.78 is 0. The summed E-state index contributed by atoms with van der Waals surface area (Å²) in [5.74, 6) is -1.30. The molecule has 0 aromatic carbocycles. The molecule has 2 atom stereocenters. The third kappa shape index (κ3) is 2.76. The summed E-state index contributed by atoms with van der Waals surface area (Å²) in [5, 5.41) is 8.67. The van der Waals surface area contributed by atoms with Crippen molar-refractivity contribution in [3.05, 3.63) is 22.8 Å². The lowest BCUT2D eigenvalue weighted by Crippen LogP contribution is -2.15. The molecule has 0 fully saturated rings. The van der Waals surface area contributed by atoms with Crippen LogP contribution in [0.25, 0.3) is 0 Å². The molecule has 2 unspecified atom stereocenters. The number of nitrogens with zero attached hydrogens (tertiary/aromatic N) is 1. The highest BCUT2D eigenvalue weighted by molar-refractivity contribution is 7.80. The van der Waals surface area contributed by atoms with Crippen LogP contribution in [0.2, 0.25) is 5.02 Å². The number of hydrogen-bond acceptors (Lipinski definition) is 4. The Morgan fingerprint density at radius 2 is 2.33 bits per heavy atom. The molecule has 0 saturated carbocycles. The number of aliphatic carboxylic acids is 1. The van der Waals surface area contributed by atoms with Gasteiger partial charge in [0.2, 0.25) is 0 Å². The van der Waals surface area contributed by atoms with Gasteiger partial charge >= 0.3 is 5.97 Å². The van der Waals surface area contributed by atoms with E-state index in [1.165, 1.54) is 6.20 Å². The van der Waals surface area contributed by atoms with Crippen molar-refractivity contribution in [2.24, 2.45) is 5.92 Å². The minimum absolute atomic E-state index is 0.226. The van der Waals surface area contributed by atoms with E-state index in [1.54, 1.807) is 13.0 Å². The summed E-state index contributed by atoms with van der Waals surface area (Å²) >= 11 is 9.99. The maximum Gasteiger partial charge on any atom is 0.307 e. The van der Waals surface area contributed by atoms with E-state index in [1.807, 2.05) is 0 Å². The number of anilines is 1. The SMILES string of the molecule is CC(C(=O)O)C(S)c1cnc(N)c(Cl)c1. The molecule has 1 heterocycles. The average Bonchev–Trinajstić information content (AvgIpc) is 2.19. The smallest absolute Gasteiger partial charge is 0.307 e. The first-order valence-corrected chi connectivity index (χ1v) is 5.14. The Morgan fingerprint density at radius 3 is 2.80 bits per heavy atom. The number of carboxylic acids is 1. The first kappa shape index (κ1) is 12.1. The Bertz CT molecular complexity index is 386. The second kappa shape index (κ2) is 4.72. The molecule has 1 rings (SSSR count). The zero-order valence-electron chi connectivity index (χ0n) is 8.01. The number of carboxylic acid groups (broad SMARTS) is 1. The first-order chi connectivity index (χ1) is 6.93. The summed E-state index contributed by atoms with van der Waals surface area (Å²) in [6, 6.07) is 1.58. The largest absolute Gasteiger partial charge is 0.481 e. The molecule has 0 bridgehead atoms. The van der Waals surface area contributed by atoms with Crippen molar-refractivity contribution < 1.29 is 9.90 Å². The summed E-state index contributed by atoms with van der Waals surface area (Å²) in [6.45, 7) is 1.57. The van der Waals surface area contributed by atoms with Gasteiger partial charge in [0.25, 0.3) is 0 Å². The van der Waals surface area contributed by atoms with Crippen molar-refractivity contribution in [3.63, 3.8) is 0 Å². The highest BCUT2D eigenvalue weighted by atomic mass is 35.5. The molecule has 3 N–H and O–H groups in total. The van der Waals surface area contributed by atoms with Gasteiger partial charge in [0, 0.05) is 11.4 Å². The van der Waals surface area contributed by atoms with Gasteiger partial charge in [0.15, 0.2) is 0 Å². The Kier molecular flexibility index (Phi) is 3.82. The highest BCUT2D eigenvalue weighted by Crippen LogP contribution is 2.30. The molecule has 15 heavy (non-hydrogen) atoms. The minimum Gasteiger partial charge on any atom is -0.481 e. The molecule has 0 saturated heterocycles. The lowest BCUT2D eigenvalue weighted by Gasteiger charge is -2.15. The van der Waals surface area contributed by atoms with E-state index in [-0.39, 0.29) is 5.82 Å². The molecule has 82 valence electrons. The number of thiol groups is 1. The van der Waals surface area contributed by atoms with Gasteiger partial charge in [-0.1, -0.05) is 18.5 Å². The van der Waals surface area contributed by atoms with Crippen LogP contribution in [0.5, 0.6) is 0 Å². The fraction of sp³-hybridized carbons (Fsp3) is 0.333. The Morgan fingerprint density at radius 1 is 1.73 bits per heavy atom. The number of carbonyl (C=O) groups is 1. The Labute approximate surface area is 97.9 Å². The van der Waals surface area contributed by atoms with Crippen LogP contribution in [0.1, 0.15) is 17.7 Å². The van der Waals surface area contributed by atoms with Crippen LogP contribution in [0, 0.1) is 5.92 Å². The number of aromatic nitrogens is 1. The van der Waals surface area contributed by atoms with Crippen LogP contribution in [0.3, 0.4) is 0 Å². The van der Waals surface area contributed by atoms with Crippen molar-refractivity contribution in [2.75, 3.05) is 5.73 Å². The third-order valence-corrected chi connectivity index (χ3v) is 3.14. The van der Waals surface area contributed by atoms with Crippen LogP contribution < -0.4 is 5.73 Å². The summed E-state index contributed by atoms with van der Waals surface area (Å²) in [7, 11) is 0. The fourth-order valence-electron chi connectivity index (χ4n) is 1.05. The molecule has 1 aromatic rings. The van der Waals surface area contributed by atoms with Gasteiger partial charge in [-0.15, -0.1) is 0 Å². The maximum absolute atomic E-state index is 10.7. The zero-order valence-corrected chi connectivity index (χ0v) is 9.66. The van der Waals surface area contributed by atoms with E-state index in [4.69, 9.17) is 22.4 Å². The van der Waals surface area contributed by atoms with Crippen LogP contribution in [-0.4, -0.2) is 16.1 Å². The average molecular weight is 247 g/mol. The molecule has 1 aromatic heterocycles. The lowest BCUT2D eigenvalue weighted by atomic mass is 10.0. The molecule has 0 aliphatic rings. The number of hydrogen-bond donors (Lipinski definition) is 3. The molecule has 0 aliphatic carbocycles. The van der Waals surface area contributed by atoms with Gasteiger partial charge in [0.1, 0.15) is 5.82 Å². The summed E-state index contributed by atoms with van der Waals surface area (Å²) in [6.07, 6.45) is 1.48. The third-order valence-electron chi connectivity index (χ3n) is 2.10. The molecule has 0 aliphatic heterocycles. The lowest BCUT2D eigenvalue weighted by molar-refractivity contribution is -0.141. The molecule has 4 nitrogen and oxygen atoms in total. The number of nitrogen functional groups attached to an aromatic ring is 1. The second-order valence-corrected chi connectivity index (χ2v) is 4.17. The summed E-state index contributed by atoms with van der Waals surface area (Å²) in [5.41, 5.74) is 6.09. The van der Waals surface area contributed by atoms with Crippen molar-refractivity contribution in [1.82, 2.24) is 4.98 Å². The van der Waals surface area contributed by atoms with Crippen molar-refractivity contribution >= 4 is 36.0 Å². The molecule has 0 spiro atoms. The zero-order chi connectivity index (χ0) is 11.6. The number of pyridine rings is 1. The monoisotopic (exact) mass is 246 g/mol. The van der Waals surface area contributed by atoms with E-state index >= 15 is 0 Å². The Balaban J connectivity index is 2.96. The number of nitrogens with two attached hydrogens (primary N) is 1. The van der Waals surface area contributed by atoms with Gasteiger partial charge < -0.3 is 10.8 Å². The van der Waals surface area contributed by atoms with Gasteiger partial charge in [-0.2, -0.15) is 12.6 Å². The maximum atomic E-state index is 10.7. The molecule has 0 amide bonds. The van der Waals surface area contributed by atoms with Crippen molar-refractivity contribution in [1.29, 1.82) is 0 Å². The van der Waals surface area contributed by atoms with E-state index in [0.717, 1.165) is 0 Å². The molecular weight excluding hydrogens is 236 g/mol. The van der Waals surface area contributed by atoms with E-state index in [0.29, 0.717) is 10.6 Å². The van der Waals surface area contributed by atoms with E-state index in [2.05, 4.69) is 17.6 Å². The van der Waals surface area contributed by atoms with Crippen LogP contribution in [0.4, 0.5) is 5.82 Å². The summed E-state index contributed by atoms with van der Waals surface area (Å²) in [4.78, 5) is 14.6. The van der Waals surface area contributed by atoms with E-state index in [9.17, 15) is 4.79 Å². The van der Waals surface area contributed by atoms with E-state index < -0.39 is 17.1 Å². The fourth-order valence-corrected chi connectivity index (χ4v) is 1.49. The molecule has 0 radical (unpaired) electrons. The molecular formula is C9H11ClN2O2S. The van der Waals surface area contributed by atoms with Gasteiger partial charge in [0.05, 0.1) is 10.9 Å². The second-order valence-electron chi connectivity index (χ2n) is 3.21. The molecule has 6 heteroatoms. The van der Waals surface area contributed by atoms with Crippen molar-refractivity contribution in [3.8, 4) is 0 Å². The standard InChI is InChI=1S/C9H11ClN2O2S/c1-4(9(13)14)7(15)5-2-6(10)8(11)12-3-5/h2-4,7,15H,1H3,(H2,11,12)(H,13,14). The predicted molar refractivity (Wildman–Crippen MR) is 62.2 cm³/mol. The van der Waals surface area contributed by atoms with Gasteiger partial charge in [-0.05, 0) is 11.6 Å². The first-order valence-electron chi connectivity index (χ1n) is 4.25. The number of halogens is 1. The van der Waals surface area contributed by atoms with Crippen LogP contribution >= 0.6 is 24.2 Å². The van der Waals surface area contributed by atoms with Crippen molar-refractivity contribution in [2.45, 2.75) is 12.2 Å². The normalized spacial score (nSPS) is 14.6. The van der Waals surface area contributed by atoms with Crippen LogP contribution in [-0.2, 0) is 4.79 Å². The minimum atomic E-state index is -0.914. The Hall–Kier alpha value is -0.940. The predicted octanol–water partition coefficient (Wildman–Crippen LogP) is 2.01. The quantitative estimate of drug-likeness (QED) is 0.713. The number of rotatable bonds is 3. The highest BCUT2D eigenvalue weighted by Gasteiger charge is 2.22. The topological polar surface area (TPSA) is 76.2 Å².